The van der Waals surface area contributed by atoms with Crippen molar-refractivity contribution in [3.05, 3.63) is 71.8 Å². The van der Waals surface area contributed by atoms with Crippen molar-refractivity contribution in [3.8, 4) is 11.1 Å². The second-order valence-electron chi connectivity index (χ2n) is 7.51. The maximum absolute atomic E-state index is 6.62. The number of nitrogens with two attached hydrogens (primary N) is 1. The second-order valence-corrected chi connectivity index (χ2v) is 7.51. The van der Waals surface area contributed by atoms with Crippen LogP contribution in [0.2, 0.25) is 0 Å². The highest BCUT2D eigenvalue weighted by Gasteiger charge is 2.27. The van der Waals surface area contributed by atoms with Gasteiger partial charge in [-0.3, -0.25) is 10.1 Å². The number of aromatic nitrogens is 3. The fourth-order valence-corrected chi connectivity index (χ4v) is 4.02. The summed E-state index contributed by atoms with van der Waals surface area (Å²) in [4.78, 5) is 6.57. The van der Waals surface area contributed by atoms with E-state index in [1.807, 2.05) is 18.5 Å². The van der Waals surface area contributed by atoms with Gasteiger partial charge in [0.1, 0.15) is 0 Å². The van der Waals surface area contributed by atoms with Crippen LogP contribution in [0.4, 0.5) is 0 Å². The van der Waals surface area contributed by atoms with Crippen molar-refractivity contribution in [1.82, 2.24) is 20.1 Å². The summed E-state index contributed by atoms with van der Waals surface area (Å²) in [6.45, 7) is 2.23. The van der Waals surface area contributed by atoms with E-state index in [4.69, 9.17) is 10.8 Å². The number of nitrogens with zero attached hydrogens (tertiary/aromatic N) is 3. The molecule has 1 atom stereocenters. The Morgan fingerprint density at radius 1 is 1.11 bits per heavy atom. The predicted octanol–water partition coefficient (Wildman–Crippen LogP) is 3.52. The van der Waals surface area contributed by atoms with Crippen molar-refractivity contribution in [2.75, 3.05) is 20.1 Å². The van der Waals surface area contributed by atoms with Gasteiger partial charge >= 0.3 is 0 Å². The Kier molecular flexibility index (Phi) is 5.32. The van der Waals surface area contributed by atoms with Crippen LogP contribution in [0.5, 0.6) is 0 Å². The quantitative estimate of drug-likeness (QED) is 0.729. The number of nitrogens with one attached hydrogen (secondary N) is 1. The number of aromatic amines is 1. The zero-order valence-electron chi connectivity index (χ0n) is 15.8. The smallest absolute Gasteiger partial charge is 0.0873 e. The molecule has 1 saturated heterocycles. The van der Waals surface area contributed by atoms with E-state index < -0.39 is 0 Å². The van der Waals surface area contributed by atoms with Crippen LogP contribution >= 0.6 is 0 Å². The Morgan fingerprint density at radius 2 is 1.81 bits per heavy atom. The number of hydrogen-bond acceptors (Lipinski definition) is 4. The van der Waals surface area contributed by atoms with Crippen molar-refractivity contribution in [1.29, 1.82) is 0 Å². The first-order valence-corrected chi connectivity index (χ1v) is 9.69. The normalized spacial score (nSPS) is 17.1. The van der Waals surface area contributed by atoms with Crippen molar-refractivity contribution in [3.63, 3.8) is 0 Å². The third kappa shape index (κ3) is 3.94. The number of likely N-dealkylation sites (tertiary alicyclic amines) is 1. The zero-order valence-corrected chi connectivity index (χ0v) is 15.8. The molecule has 140 valence electrons. The topological polar surface area (TPSA) is 70.8 Å². The highest BCUT2D eigenvalue weighted by atomic mass is 15.1. The van der Waals surface area contributed by atoms with Crippen LogP contribution in [0.25, 0.3) is 11.1 Å². The second kappa shape index (κ2) is 8.03. The average Bonchev–Trinajstić information content (AvgIpc) is 3.15. The van der Waals surface area contributed by atoms with Crippen LogP contribution in [-0.2, 0) is 6.42 Å². The number of hydrogen-bond donors (Lipinski definition) is 2. The summed E-state index contributed by atoms with van der Waals surface area (Å²) >= 11 is 0. The molecule has 0 spiro atoms. The Labute approximate surface area is 160 Å². The van der Waals surface area contributed by atoms with Gasteiger partial charge in [0.25, 0.3) is 0 Å². The van der Waals surface area contributed by atoms with Crippen LogP contribution in [0.1, 0.15) is 41.8 Å². The summed E-state index contributed by atoms with van der Waals surface area (Å²) in [7, 11) is 2.19. The first kappa shape index (κ1) is 17.9. The predicted molar refractivity (Wildman–Crippen MR) is 108 cm³/mol. The summed E-state index contributed by atoms with van der Waals surface area (Å²) in [6, 6.07) is 14.4. The van der Waals surface area contributed by atoms with E-state index >= 15 is 0 Å². The van der Waals surface area contributed by atoms with Gasteiger partial charge in [-0.25, -0.2) is 0 Å². The minimum Gasteiger partial charge on any atom is -0.322 e. The Hall–Kier alpha value is -2.50. The minimum absolute atomic E-state index is 0.146. The van der Waals surface area contributed by atoms with E-state index in [1.54, 1.807) is 0 Å². The SMILES string of the molecule is CN1CCC(c2[nH]nc([C@H](N)Cc3ccccc3)c2-c2ccncc2)CC1. The molecule has 1 aliphatic heterocycles. The van der Waals surface area contributed by atoms with Crippen LogP contribution in [0.3, 0.4) is 0 Å². The summed E-state index contributed by atoms with van der Waals surface area (Å²) in [5.74, 6) is 0.495. The van der Waals surface area contributed by atoms with E-state index in [0.29, 0.717) is 5.92 Å². The first-order valence-electron chi connectivity index (χ1n) is 9.69. The zero-order chi connectivity index (χ0) is 18.6. The third-order valence-corrected chi connectivity index (χ3v) is 5.57. The molecule has 27 heavy (non-hydrogen) atoms. The van der Waals surface area contributed by atoms with Crippen LogP contribution in [0, 0.1) is 0 Å². The van der Waals surface area contributed by atoms with Crippen molar-refractivity contribution < 1.29 is 0 Å². The molecule has 0 bridgehead atoms. The van der Waals surface area contributed by atoms with E-state index in [1.165, 1.54) is 16.8 Å². The molecule has 3 N–H and O–H groups in total. The summed E-state index contributed by atoms with van der Waals surface area (Å²) < 4.78 is 0. The van der Waals surface area contributed by atoms with Crippen molar-refractivity contribution >= 4 is 0 Å². The molecular weight excluding hydrogens is 334 g/mol. The lowest BCUT2D eigenvalue weighted by atomic mass is 9.87. The average molecular weight is 361 g/mol. The minimum atomic E-state index is -0.146. The van der Waals surface area contributed by atoms with E-state index in [9.17, 15) is 0 Å². The molecule has 5 nitrogen and oxygen atoms in total. The molecule has 5 heteroatoms. The molecule has 1 fully saturated rings. The highest BCUT2D eigenvalue weighted by Crippen LogP contribution is 2.37. The maximum Gasteiger partial charge on any atom is 0.0873 e. The molecule has 4 rings (SSSR count). The Bertz CT molecular complexity index is 851. The summed E-state index contributed by atoms with van der Waals surface area (Å²) in [5, 5.41) is 8.05. The lowest BCUT2D eigenvalue weighted by Crippen LogP contribution is -2.29. The molecule has 1 aliphatic rings. The fraction of sp³-hybridized carbons (Fsp3) is 0.364. The Balaban J connectivity index is 1.69. The van der Waals surface area contributed by atoms with Gasteiger partial charge in [-0.05, 0) is 62.7 Å². The van der Waals surface area contributed by atoms with Gasteiger partial charge in [-0.15, -0.1) is 0 Å². The maximum atomic E-state index is 6.62. The molecule has 0 aliphatic carbocycles. The number of H-pyrrole nitrogens is 1. The van der Waals surface area contributed by atoms with E-state index in [0.717, 1.165) is 43.6 Å². The number of benzene rings is 1. The molecule has 2 aromatic heterocycles. The molecule has 0 saturated carbocycles. The lowest BCUT2D eigenvalue weighted by Gasteiger charge is -2.29. The number of pyridine rings is 1. The Morgan fingerprint density at radius 3 is 2.52 bits per heavy atom. The fourth-order valence-electron chi connectivity index (χ4n) is 4.02. The lowest BCUT2D eigenvalue weighted by molar-refractivity contribution is 0.253. The molecule has 0 amide bonds. The highest BCUT2D eigenvalue weighted by molar-refractivity contribution is 5.69. The number of rotatable bonds is 5. The van der Waals surface area contributed by atoms with Gasteiger partial charge in [-0.1, -0.05) is 30.3 Å². The van der Waals surface area contributed by atoms with Crippen LogP contribution < -0.4 is 5.73 Å². The standard InChI is InChI=1S/C22H27N5/c1-27-13-9-18(10-14-27)21-20(17-7-11-24-12-8-17)22(26-25-21)19(23)15-16-5-3-2-4-6-16/h2-8,11-12,18-19H,9-10,13-15,23H2,1H3,(H,25,26)/t19-/m1/s1. The molecule has 3 aromatic rings. The van der Waals surface area contributed by atoms with Crippen molar-refractivity contribution in [2.24, 2.45) is 5.73 Å². The molecule has 1 aromatic carbocycles. The van der Waals surface area contributed by atoms with E-state index in [2.05, 4.69) is 58.4 Å². The summed E-state index contributed by atoms with van der Waals surface area (Å²) in [6.07, 6.45) is 6.74. The van der Waals surface area contributed by atoms with Gasteiger partial charge < -0.3 is 10.6 Å². The third-order valence-electron chi connectivity index (χ3n) is 5.57. The molecule has 0 unspecified atom stereocenters. The summed E-state index contributed by atoms with van der Waals surface area (Å²) in [5.41, 5.74) is 12.4. The monoisotopic (exact) mass is 361 g/mol. The van der Waals surface area contributed by atoms with Gasteiger partial charge in [0, 0.05) is 29.6 Å². The van der Waals surface area contributed by atoms with Gasteiger partial charge in [0.15, 0.2) is 0 Å². The van der Waals surface area contributed by atoms with Crippen LogP contribution in [0.15, 0.2) is 54.9 Å². The molecule has 0 radical (unpaired) electrons. The first-order chi connectivity index (χ1) is 13.2. The van der Waals surface area contributed by atoms with E-state index in [-0.39, 0.29) is 6.04 Å². The van der Waals surface area contributed by atoms with Gasteiger partial charge in [0.05, 0.1) is 11.7 Å². The largest absolute Gasteiger partial charge is 0.322 e. The van der Waals surface area contributed by atoms with Gasteiger partial charge in [-0.2, -0.15) is 5.10 Å². The van der Waals surface area contributed by atoms with Gasteiger partial charge in [0.2, 0.25) is 0 Å². The van der Waals surface area contributed by atoms with Crippen molar-refractivity contribution in [2.45, 2.75) is 31.2 Å². The molecular formula is C22H27N5. The number of piperidine rings is 1. The molecule has 3 heterocycles. The van der Waals surface area contributed by atoms with Crippen LogP contribution in [-0.4, -0.2) is 40.2 Å².